The molecule has 0 spiro atoms. The Balaban J connectivity index is 1.52. The Morgan fingerprint density at radius 1 is 0.972 bits per heavy atom. The largest absolute Gasteiger partial charge is 0.497 e. The van der Waals surface area contributed by atoms with E-state index in [2.05, 4.69) is 37.4 Å². The number of nitrogens with one attached hydrogen (secondary N) is 1. The summed E-state index contributed by atoms with van der Waals surface area (Å²) in [6.07, 6.45) is 0.171. The van der Waals surface area contributed by atoms with E-state index >= 15 is 0 Å². The Bertz CT molecular complexity index is 1430. The molecule has 3 aromatic carbocycles. The molecule has 0 aliphatic rings. The summed E-state index contributed by atoms with van der Waals surface area (Å²) in [5.74, 6) is 1.19. The Morgan fingerprint density at radius 3 is 2.42 bits per heavy atom. The molecule has 0 atom stereocenters. The van der Waals surface area contributed by atoms with Gasteiger partial charge in [0.15, 0.2) is 0 Å². The van der Waals surface area contributed by atoms with Crippen LogP contribution in [0.3, 0.4) is 0 Å². The first-order valence-electron chi connectivity index (χ1n) is 11.7. The van der Waals surface area contributed by atoms with Crippen LogP contribution in [-0.2, 0) is 11.2 Å². The fraction of sp³-hybridized carbons (Fsp3) is 0.241. The SMILES string of the molecule is COc1ccc2c(c1)c(CC(=O)NCCSc1ccc(C)c(C)c1)c(C)n2C(=O)c1ccc(Cl)cc1. The van der Waals surface area contributed by atoms with E-state index in [0.29, 0.717) is 22.9 Å². The van der Waals surface area contributed by atoms with Crippen LogP contribution in [0.5, 0.6) is 5.75 Å². The molecule has 1 amide bonds. The number of aromatic nitrogens is 1. The maximum atomic E-state index is 13.4. The van der Waals surface area contributed by atoms with E-state index in [0.717, 1.165) is 27.9 Å². The summed E-state index contributed by atoms with van der Waals surface area (Å²) in [7, 11) is 1.60. The zero-order valence-corrected chi connectivity index (χ0v) is 22.4. The van der Waals surface area contributed by atoms with Crippen LogP contribution in [0.2, 0.25) is 5.02 Å². The van der Waals surface area contributed by atoms with Gasteiger partial charge >= 0.3 is 0 Å². The van der Waals surface area contributed by atoms with Crippen molar-refractivity contribution in [2.45, 2.75) is 32.1 Å². The van der Waals surface area contributed by atoms with Crippen molar-refractivity contribution in [3.8, 4) is 5.75 Å². The Morgan fingerprint density at radius 2 is 1.72 bits per heavy atom. The van der Waals surface area contributed by atoms with Crippen molar-refractivity contribution >= 4 is 46.1 Å². The Labute approximate surface area is 220 Å². The van der Waals surface area contributed by atoms with Gasteiger partial charge in [-0.1, -0.05) is 17.7 Å². The van der Waals surface area contributed by atoms with Gasteiger partial charge in [0.2, 0.25) is 5.91 Å². The van der Waals surface area contributed by atoms with Crippen LogP contribution < -0.4 is 10.1 Å². The molecule has 0 saturated heterocycles. The molecule has 186 valence electrons. The molecule has 36 heavy (non-hydrogen) atoms. The van der Waals surface area contributed by atoms with Crippen LogP contribution in [0.4, 0.5) is 0 Å². The summed E-state index contributed by atoms with van der Waals surface area (Å²) in [5.41, 5.74) is 5.34. The van der Waals surface area contributed by atoms with Gasteiger partial charge in [-0.3, -0.25) is 14.2 Å². The summed E-state index contributed by atoms with van der Waals surface area (Å²) in [6, 6.07) is 18.8. The number of thioether (sulfide) groups is 1. The topological polar surface area (TPSA) is 60.3 Å². The number of benzene rings is 3. The average molecular weight is 521 g/mol. The summed E-state index contributed by atoms with van der Waals surface area (Å²) in [4.78, 5) is 27.5. The highest BCUT2D eigenvalue weighted by molar-refractivity contribution is 7.99. The van der Waals surface area contributed by atoms with E-state index in [1.54, 1.807) is 47.7 Å². The fourth-order valence-electron chi connectivity index (χ4n) is 4.18. The smallest absolute Gasteiger partial charge is 0.262 e. The van der Waals surface area contributed by atoms with Crippen LogP contribution in [0.25, 0.3) is 10.9 Å². The molecule has 5 nitrogen and oxygen atoms in total. The molecular weight excluding hydrogens is 492 g/mol. The van der Waals surface area contributed by atoms with Crippen molar-refractivity contribution < 1.29 is 14.3 Å². The molecule has 0 saturated carbocycles. The van der Waals surface area contributed by atoms with Crippen LogP contribution in [-0.4, -0.2) is 35.8 Å². The number of ether oxygens (including phenoxy) is 1. The molecule has 1 aromatic heterocycles. The summed E-state index contributed by atoms with van der Waals surface area (Å²) in [6.45, 7) is 6.63. The minimum atomic E-state index is -0.171. The Hall–Kier alpha value is -3.22. The molecule has 0 aliphatic carbocycles. The van der Waals surface area contributed by atoms with E-state index in [4.69, 9.17) is 16.3 Å². The predicted molar refractivity (Wildman–Crippen MR) is 148 cm³/mol. The van der Waals surface area contributed by atoms with Gasteiger partial charge in [-0.05, 0) is 92.1 Å². The zero-order valence-electron chi connectivity index (χ0n) is 20.9. The lowest BCUT2D eigenvalue weighted by Crippen LogP contribution is -2.27. The lowest BCUT2D eigenvalue weighted by atomic mass is 10.1. The number of fused-ring (bicyclic) bond motifs is 1. The number of hydrogen-bond acceptors (Lipinski definition) is 4. The second-order valence-electron chi connectivity index (χ2n) is 8.72. The summed E-state index contributed by atoms with van der Waals surface area (Å²) in [5, 5.41) is 4.42. The maximum Gasteiger partial charge on any atom is 0.262 e. The minimum Gasteiger partial charge on any atom is -0.497 e. The number of aryl methyl sites for hydroxylation is 2. The third kappa shape index (κ3) is 5.61. The van der Waals surface area contributed by atoms with Gasteiger partial charge in [0.25, 0.3) is 5.91 Å². The predicted octanol–water partition coefficient (Wildman–Crippen LogP) is 6.37. The van der Waals surface area contributed by atoms with Gasteiger partial charge in [-0.25, -0.2) is 0 Å². The third-order valence-electron chi connectivity index (χ3n) is 6.34. The van der Waals surface area contributed by atoms with Crippen LogP contribution in [0, 0.1) is 20.8 Å². The second kappa shape index (κ2) is 11.2. The van der Waals surface area contributed by atoms with Gasteiger partial charge in [-0.2, -0.15) is 0 Å². The van der Waals surface area contributed by atoms with Crippen molar-refractivity contribution in [3.05, 3.63) is 93.6 Å². The van der Waals surface area contributed by atoms with Crippen LogP contribution >= 0.6 is 23.4 Å². The molecule has 0 bridgehead atoms. The summed E-state index contributed by atoms with van der Waals surface area (Å²) < 4.78 is 7.08. The van der Waals surface area contributed by atoms with E-state index in [-0.39, 0.29) is 18.2 Å². The molecule has 1 N–H and O–H groups in total. The lowest BCUT2D eigenvalue weighted by Gasteiger charge is -2.09. The fourth-order valence-corrected chi connectivity index (χ4v) is 5.17. The molecule has 0 aliphatic heterocycles. The van der Waals surface area contributed by atoms with E-state index in [1.165, 1.54) is 16.0 Å². The number of hydrogen-bond donors (Lipinski definition) is 1. The first-order valence-corrected chi connectivity index (χ1v) is 13.1. The second-order valence-corrected chi connectivity index (χ2v) is 10.3. The normalized spacial score (nSPS) is 11.0. The zero-order chi connectivity index (χ0) is 25.8. The third-order valence-corrected chi connectivity index (χ3v) is 7.59. The van der Waals surface area contributed by atoms with Gasteiger partial charge in [-0.15, -0.1) is 11.8 Å². The number of carbonyl (C=O) groups excluding carboxylic acids is 2. The first-order chi connectivity index (χ1) is 17.3. The van der Waals surface area contributed by atoms with Crippen molar-refractivity contribution in [1.29, 1.82) is 0 Å². The highest BCUT2D eigenvalue weighted by atomic mass is 35.5. The monoisotopic (exact) mass is 520 g/mol. The molecule has 0 unspecified atom stereocenters. The van der Waals surface area contributed by atoms with Gasteiger partial charge in [0.1, 0.15) is 5.75 Å². The standard InChI is InChI=1S/C29H29ClN2O3S/c1-18-5-11-24(15-19(18)2)36-14-13-31-28(33)17-25-20(3)32(27-12-10-23(35-4)16-26(25)27)29(34)21-6-8-22(30)9-7-21/h5-12,15-16H,13-14,17H2,1-4H3,(H,31,33). The van der Waals surface area contributed by atoms with E-state index in [1.807, 2.05) is 25.1 Å². The number of methoxy groups -OCH3 is 1. The van der Waals surface area contributed by atoms with E-state index in [9.17, 15) is 9.59 Å². The quantitative estimate of drug-likeness (QED) is 0.217. The molecule has 4 aromatic rings. The van der Waals surface area contributed by atoms with E-state index < -0.39 is 0 Å². The van der Waals surface area contributed by atoms with Gasteiger partial charge in [0.05, 0.1) is 19.0 Å². The molecule has 0 radical (unpaired) electrons. The summed E-state index contributed by atoms with van der Waals surface area (Å²) >= 11 is 7.72. The number of carbonyl (C=O) groups is 2. The number of nitrogens with zero attached hydrogens (tertiary/aromatic N) is 1. The maximum absolute atomic E-state index is 13.4. The van der Waals surface area contributed by atoms with Crippen molar-refractivity contribution in [1.82, 2.24) is 9.88 Å². The Kier molecular flexibility index (Phi) is 8.07. The molecule has 4 rings (SSSR count). The minimum absolute atomic E-state index is 0.0837. The number of halogens is 1. The highest BCUT2D eigenvalue weighted by Gasteiger charge is 2.22. The lowest BCUT2D eigenvalue weighted by molar-refractivity contribution is -0.120. The number of amides is 1. The van der Waals surface area contributed by atoms with Crippen LogP contribution in [0.1, 0.15) is 32.7 Å². The first kappa shape index (κ1) is 25.9. The van der Waals surface area contributed by atoms with Crippen LogP contribution in [0.15, 0.2) is 65.6 Å². The van der Waals surface area contributed by atoms with Crippen molar-refractivity contribution in [3.63, 3.8) is 0 Å². The average Bonchev–Trinajstić information content (AvgIpc) is 3.14. The highest BCUT2D eigenvalue weighted by Crippen LogP contribution is 2.31. The van der Waals surface area contributed by atoms with Crippen molar-refractivity contribution in [2.75, 3.05) is 19.4 Å². The molecular formula is C29H29ClN2O3S. The molecule has 1 heterocycles. The van der Waals surface area contributed by atoms with Gasteiger partial charge < -0.3 is 10.1 Å². The van der Waals surface area contributed by atoms with Crippen molar-refractivity contribution in [2.24, 2.45) is 0 Å². The molecule has 7 heteroatoms. The number of rotatable bonds is 8. The van der Waals surface area contributed by atoms with Gasteiger partial charge in [0, 0.05) is 38.9 Å². The molecule has 0 fully saturated rings.